The summed E-state index contributed by atoms with van der Waals surface area (Å²) in [5.74, 6) is 1.57. The van der Waals surface area contributed by atoms with Crippen molar-refractivity contribution in [3.63, 3.8) is 0 Å². The molecule has 0 spiro atoms. The number of nitrogens with zero attached hydrogens (tertiary/aromatic N) is 1. The van der Waals surface area contributed by atoms with Gasteiger partial charge in [0, 0.05) is 31.7 Å². The summed E-state index contributed by atoms with van der Waals surface area (Å²) in [6.45, 7) is 5.00. The summed E-state index contributed by atoms with van der Waals surface area (Å²) in [6, 6.07) is 16.7. The van der Waals surface area contributed by atoms with Crippen molar-refractivity contribution in [1.29, 1.82) is 0 Å². The maximum atomic E-state index is 12.1. The molecule has 1 fully saturated rings. The lowest BCUT2D eigenvalue weighted by atomic mass is 10.1. The summed E-state index contributed by atoms with van der Waals surface area (Å²) in [6.07, 6.45) is 3.51. The highest BCUT2D eigenvalue weighted by Crippen LogP contribution is 2.24. The van der Waals surface area contributed by atoms with E-state index < -0.39 is 0 Å². The molecule has 4 nitrogen and oxygen atoms in total. The van der Waals surface area contributed by atoms with Gasteiger partial charge in [-0.05, 0) is 67.5 Å². The van der Waals surface area contributed by atoms with Crippen molar-refractivity contribution >= 4 is 11.6 Å². The zero-order valence-electron chi connectivity index (χ0n) is 16.4. The number of benzene rings is 2. The zero-order valence-corrected chi connectivity index (χ0v) is 16.4. The molecule has 1 aliphatic heterocycles. The third kappa shape index (κ3) is 5.75. The van der Waals surface area contributed by atoms with Crippen LogP contribution in [0.4, 0.5) is 5.69 Å². The molecule has 144 valence electrons. The zero-order chi connectivity index (χ0) is 19.1. The fraction of sp³-hybridized carbons (Fsp3) is 0.435. The lowest BCUT2D eigenvalue weighted by Gasteiger charge is -2.19. The molecule has 0 aliphatic carbocycles. The number of methoxy groups -OCH3 is 1. The normalized spacial score (nSPS) is 16.4. The first-order chi connectivity index (χ1) is 13.1. The molecule has 1 heterocycles. The Kier molecular flexibility index (Phi) is 6.74. The van der Waals surface area contributed by atoms with Gasteiger partial charge in [0.15, 0.2) is 0 Å². The highest BCUT2D eigenvalue weighted by Gasteiger charge is 2.23. The minimum absolute atomic E-state index is 0.164. The van der Waals surface area contributed by atoms with Gasteiger partial charge in [0.2, 0.25) is 5.91 Å². The van der Waals surface area contributed by atoms with E-state index in [0.717, 1.165) is 44.6 Å². The lowest BCUT2D eigenvalue weighted by Crippen LogP contribution is -2.30. The molecule has 0 bridgehead atoms. The van der Waals surface area contributed by atoms with Crippen LogP contribution < -0.4 is 15.0 Å². The molecule has 27 heavy (non-hydrogen) atoms. The van der Waals surface area contributed by atoms with Gasteiger partial charge >= 0.3 is 0 Å². The number of rotatable bonds is 8. The molecule has 1 atom stereocenters. The second-order valence-corrected chi connectivity index (χ2v) is 7.45. The van der Waals surface area contributed by atoms with Crippen LogP contribution in [0.1, 0.15) is 30.4 Å². The Hall–Kier alpha value is -2.49. The number of amides is 1. The number of nitrogens with one attached hydrogen (secondary N) is 1. The van der Waals surface area contributed by atoms with Crippen molar-refractivity contribution in [2.24, 2.45) is 5.92 Å². The average molecular weight is 367 g/mol. The number of carbonyl (C=O) groups is 1. The van der Waals surface area contributed by atoms with Gasteiger partial charge in [0.1, 0.15) is 5.75 Å². The number of aryl methyl sites for hydroxylation is 2. The van der Waals surface area contributed by atoms with E-state index in [1.165, 1.54) is 16.8 Å². The van der Waals surface area contributed by atoms with Crippen LogP contribution in [-0.4, -0.2) is 32.7 Å². The number of carbonyl (C=O) groups excluding carboxylic acids is 1. The standard InChI is InChI=1S/C23H30N2O2/c1-18-5-3-7-21(15-18)25-14-13-20(17-25)16-24-23(26)8-4-6-19-9-11-22(27-2)12-10-19/h3,5,7,9-12,15,20H,4,6,8,13-14,16-17H2,1-2H3,(H,24,26)/t20-/m0/s1. The molecule has 0 saturated carbocycles. The number of ether oxygens (including phenoxy) is 1. The maximum absolute atomic E-state index is 12.1. The summed E-state index contributed by atoms with van der Waals surface area (Å²) in [4.78, 5) is 14.6. The van der Waals surface area contributed by atoms with E-state index >= 15 is 0 Å². The van der Waals surface area contributed by atoms with Crippen LogP contribution in [0.5, 0.6) is 5.75 Å². The molecule has 0 unspecified atom stereocenters. The van der Waals surface area contributed by atoms with Crippen LogP contribution in [0, 0.1) is 12.8 Å². The Bertz CT molecular complexity index is 742. The minimum atomic E-state index is 0.164. The Morgan fingerprint density at radius 1 is 1.22 bits per heavy atom. The van der Waals surface area contributed by atoms with E-state index in [1.54, 1.807) is 7.11 Å². The van der Waals surface area contributed by atoms with Gasteiger partial charge in [-0.1, -0.05) is 24.3 Å². The van der Waals surface area contributed by atoms with E-state index in [-0.39, 0.29) is 5.91 Å². The molecule has 1 amide bonds. The summed E-state index contributed by atoms with van der Waals surface area (Å²) < 4.78 is 5.17. The van der Waals surface area contributed by atoms with Crippen molar-refractivity contribution in [1.82, 2.24) is 5.32 Å². The Balaban J connectivity index is 1.34. The molecular weight excluding hydrogens is 336 g/mol. The SMILES string of the molecule is COc1ccc(CCCC(=O)NC[C@@H]2CCN(c3cccc(C)c3)C2)cc1. The highest BCUT2D eigenvalue weighted by atomic mass is 16.5. The number of hydrogen-bond donors (Lipinski definition) is 1. The van der Waals surface area contributed by atoms with Crippen LogP contribution in [0.2, 0.25) is 0 Å². The Labute approximate surface area is 162 Å². The fourth-order valence-electron chi connectivity index (χ4n) is 3.65. The molecule has 4 heteroatoms. The van der Waals surface area contributed by atoms with E-state index in [1.807, 2.05) is 12.1 Å². The van der Waals surface area contributed by atoms with Crippen molar-refractivity contribution in [3.05, 3.63) is 59.7 Å². The van der Waals surface area contributed by atoms with E-state index in [9.17, 15) is 4.79 Å². The quantitative estimate of drug-likeness (QED) is 0.769. The largest absolute Gasteiger partial charge is 0.497 e. The summed E-state index contributed by atoms with van der Waals surface area (Å²) in [7, 11) is 1.67. The van der Waals surface area contributed by atoms with Crippen molar-refractivity contribution in [2.75, 3.05) is 31.6 Å². The van der Waals surface area contributed by atoms with Gasteiger partial charge in [0.25, 0.3) is 0 Å². The van der Waals surface area contributed by atoms with Crippen molar-refractivity contribution in [2.45, 2.75) is 32.6 Å². The predicted molar refractivity (Wildman–Crippen MR) is 110 cm³/mol. The van der Waals surface area contributed by atoms with Crippen LogP contribution in [0.25, 0.3) is 0 Å². The second-order valence-electron chi connectivity index (χ2n) is 7.45. The smallest absolute Gasteiger partial charge is 0.220 e. The minimum Gasteiger partial charge on any atom is -0.497 e. The summed E-state index contributed by atoms with van der Waals surface area (Å²) in [5.41, 5.74) is 3.83. The van der Waals surface area contributed by atoms with Gasteiger partial charge in [-0.25, -0.2) is 0 Å². The molecule has 2 aromatic rings. The third-order valence-electron chi connectivity index (χ3n) is 5.27. The molecule has 1 aliphatic rings. The van der Waals surface area contributed by atoms with Crippen LogP contribution in [0.15, 0.2) is 48.5 Å². The first kappa shape index (κ1) is 19.3. The monoisotopic (exact) mass is 366 g/mol. The first-order valence-corrected chi connectivity index (χ1v) is 9.85. The molecule has 0 radical (unpaired) electrons. The fourth-order valence-corrected chi connectivity index (χ4v) is 3.65. The molecular formula is C23H30N2O2. The molecule has 1 saturated heterocycles. The Morgan fingerprint density at radius 2 is 2.04 bits per heavy atom. The van der Waals surface area contributed by atoms with E-state index in [4.69, 9.17) is 4.74 Å². The average Bonchev–Trinajstić information content (AvgIpc) is 3.16. The third-order valence-corrected chi connectivity index (χ3v) is 5.27. The Morgan fingerprint density at radius 3 is 2.78 bits per heavy atom. The summed E-state index contributed by atoms with van der Waals surface area (Å²) >= 11 is 0. The highest BCUT2D eigenvalue weighted by molar-refractivity contribution is 5.75. The van der Waals surface area contributed by atoms with Crippen LogP contribution >= 0.6 is 0 Å². The van der Waals surface area contributed by atoms with Gasteiger partial charge < -0.3 is 15.0 Å². The molecule has 1 N–H and O–H groups in total. The van der Waals surface area contributed by atoms with Crippen molar-refractivity contribution < 1.29 is 9.53 Å². The first-order valence-electron chi connectivity index (χ1n) is 9.85. The topological polar surface area (TPSA) is 41.6 Å². The number of hydrogen-bond acceptors (Lipinski definition) is 3. The molecule has 0 aromatic heterocycles. The van der Waals surface area contributed by atoms with Gasteiger partial charge in [-0.2, -0.15) is 0 Å². The van der Waals surface area contributed by atoms with Gasteiger partial charge in [-0.15, -0.1) is 0 Å². The lowest BCUT2D eigenvalue weighted by molar-refractivity contribution is -0.121. The molecule has 2 aromatic carbocycles. The van der Waals surface area contributed by atoms with Crippen molar-refractivity contribution in [3.8, 4) is 5.75 Å². The van der Waals surface area contributed by atoms with Gasteiger partial charge in [0.05, 0.1) is 7.11 Å². The molecule has 3 rings (SSSR count). The van der Waals surface area contributed by atoms with Gasteiger partial charge in [-0.3, -0.25) is 4.79 Å². The number of anilines is 1. The second kappa shape index (κ2) is 9.45. The van der Waals surface area contributed by atoms with Crippen LogP contribution in [-0.2, 0) is 11.2 Å². The van der Waals surface area contributed by atoms with E-state index in [2.05, 4.69) is 53.5 Å². The predicted octanol–water partition coefficient (Wildman–Crippen LogP) is 3.97. The van der Waals surface area contributed by atoms with Crippen LogP contribution in [0.3, 0.4) is 0 Å². The summed E-state index contributed by atoms with van der Waals surface area (Å²) in [5, 5.41) is 3.13. The van der Waals surface area contributed by atoms with E-state index in [0.29, 0.717) is 12.3 Å². The maximum Gasteiger partial charge on any atom is 0.220 e.